The van der Waals surface area contributed by atoms with Gasteiger partial charge in [0.15, 0.2) is 0 Å². The van der Waals surface area contributed by atoms with Crippen molar-refractivity contribution in [3.63, 3.8) is 0 Å². The van der Waals surface area contributed by atoms with Crippen LogP contribution in [0.15, 0.2) is 0 Å². The molecule has 2 nitrogen and oxygen atoms in total. The molecule has 1 atom stereocenters. The molecule has 0 bridgehead atoms. The van der Waals surface area contributed by atoms with Gasteiger partial charge >= 0.3 is 0 Å². The van der Waals surface area contributed by atoms with E-state index in [2.05, 4.69) is 13.8 Å². The molecule has 2 saturated carbocycles. The fourth-order valence-electron chi connectivity index (χ4n) is 5.89. The molecule has 2 rings (SSSR count). The van der Waals surface area contributed by atoms with Gasteiger partial charge in [-0.1, -0.05) is 104 Å². The van der Waals surface area contributed by atoms with Crippen LogP contribution in [-0.2, 0) is 4.89 Å². The van der Waals surface area contributed by atoms with Crippen molar-refractivity contribution < 1.29 is 10.1 Å². The summed E-state index contributed by atoms with van der Waals surface area (Å²) in [7, 11) is 0. The van der Waals surface area contributed by atoms with Crippen molar-refractivity contribution in [3.8, 4) is 0 Å². The number of hydrogen-bond donors (Lipinski definition) is 1. The van der Waals surface area contributed by atoms with Gasteiger partial charge in [-0.05, 0) is 49.4 Å². The molecule has 0 radical (unpaired) electrons. The summed E-state index contributed by atoms with van der Waals surface area (Å²) in [6.07, 6.45) is 24.7. The van der Waals surface area contributed by atoms with E-state index < -0.39 is 0 Å². The van der Waals surface area contributed by atoms with E-state index in [1.807, 2.05) is 0 Å². The zero-order chi connectivity index (χ0) is 19.3. The highest BCUT2D eigenvalue weighted by molar-refractivity contribution is 4.85. The van der Waals surface area contributed by atoms with E-state index in [0.29, 0.717) is 11.8 Å². The van der Waals surface area contributed by atoms with Crippen LogP contribution in [0.4, 0.5) is 0 Å². The van der Waals surface area contributed by atoms with Gasteiger partial charge in [0.2, 0.25) is 0 Å². The molecule has 0 heterocycles. The largest absolute Gasteiger partial charge is 0.252 e. The van der Waals surface area contributed by atoms with E-state index in [9.17, 15) is 5.26 Å². The van der Waals surface area contributed by atoms with Crippen LogP contribution in [0.5, 0.6) is 0 Å². The van der Waals surface area contributed by atoms with Gasteiger partial charge in [-0.2, -0.15) is 0 Å². The third-order valence-electron chi connectivity index (χ3n) is 7.77. The molecule has 27 heavy (non-hydrogen) atoms. The molecule has 160 valence electrons. The Balaban J connectivity index is 1.63. The molecule has 0 aromatic heterocycles. The lowest BCUT2D eigenvalue weighted by Crippen LogP contribution is -2.36. The molecule has 1 N–H and O–H groups in total. The van der Waals surface area contributed by atoms with E-state index in [1.54, 1.807) is 0 Å². The Morgan fingerprint density at radius 1 is 0.630 bits per heavy atom. The van der Waals surface area contributed by atoms with E-state index in [1.165, 1.54) is 116 Å². The maximum absolute atomic E-state index is 9.66. The summed E-state index contributed by atoms with van der Waals surface area (Å²) in [5.74, 6) is 3.09. The van der Waals surface area contributed by atoms with Crippen LogP contribution >= 0.6 is 0 Å². The highest BCUT2D eigenvalue weighted by atomic mass is 17.1. The monoisotopic (exact) mass is 380 g/mol. The zero-order valence-electron chi connectivity index (χ0n) is 18.5. The second-order valence-corrected chi connectivity index (χ2v) is 9.83. The van der Waals surface area contributed by atoms with Gasteiger partial charge in [0.05, 0.1) is 6.10 Å². The third-order valence-corrected chi connectivity index (χ3v) is 7.77. The molecule has 2 aliphatic rings. The highest BCUT2D eigenvalue weighted by Crippen LogP contribution is 2.41. The normalized spacial score (nSPS) is 30.3. The first-order chi connectivity index (χ1) is 13.3. The SMILES string of the molecule is CCCCCCCC1CCC(C(OO)C2CCC(CCCCC)CC2)CC1. The first-order valence-corrected chi connectivity index (χ1v) is 12.6. The fraction of sp³-hybridized carbons (Fsp3) is 1.00. The molecule has 0 saturated heterocycles. The number of rotatable bonds is 13. The zero-order valence-corrected chi connectivity index (χ0v) is 18.5. The summed E-state index contributed by atoms with van der Waals surface area (Å²) < 4.78 is 0. The van der Waals surface area contributed by atoms with Crippen LogP contribution in [0.2, 0.25) is 0 Å². The number of hydrogen-bond acceptors (Lipinski definition) is 2. The minimum atomic E-state index is 0.118. The molecule has 2 aliphatic carbocycles. The lowest BCUT2D eigenvalue weighted by Gasteiger charge is -2.39. The average Bonchev–Trinajstić information content (AvgIpc) is 2.71. The van der Waals surface area contributed by atoms with E-state index in [0.717, 1.165) is 11.8 Å². The van der Waals surface area contributed by atoms with Crippen LogP contribution in [0.25, 0.3) is 0 Å². The molecule has 2 fully saturated rings. The minimum absolute atomic E-state index is 0.118. The molecule has 2 heteroatoms. The molecule has 1 unspecified atom stereocenters. The summed E-state index contributed by atoms with van der Waals surface area (Å²) in [6, 6.07) is 0. The van der Waals surface area contributed by atoms with Crippen molar-refractivity contribution in [2.75, 3.05) is 0 Å². The summed E-state index contributed by atoms with van der Waals surface area (Å²) >= 11 is 0. The predicted molar refractivity (Wildman–Crippen MR) is 116 cm³/mol. The van der Waals surface area contributed by atoms with Crippen molar-refractivity contribution in [1.29, 1.82) is 0 Å². The quantitative estimate of drug-likeness (QED) is 0.197. The Labute approximate surface area is 169 Å². The van der Waals surface area contributed by atoms with Crippen LogP contribution in [0, 0.1) is 23.7 Å². The van der Waals surface area contributed by atoms with Gasteiger partial charge in [-0.25, -0.2) is 4.89 Å². The van der Waals surface area contributed by atoms with Crippen LogP contribution in [0.3, 0.4) is 0 Å². The van der Waals surface area contributed by atoms with Gasteiger partial charge in [-0.15, -0.1) is 0 Å². The maximum atomic E-state index is 9.66. The summed E-state index contributed by atoms with van der Waals surface area (Å²) in [5, 5.41) is 9.66. The minimum Gasteiger partial charge on any atom is -0.252 e. The van der Waals surface area contributed by atoms with Crippen LogP contribution in [0.1, 0.15) is 129 Å². The van der Waals surface area contributed by atoms with Crippen molar-refractivity contribution in [2.24, 2.45) is 23.7 Å². The summed E-state index contributed by atoms with van der Waals surface area (Å²) in [5.41, 5.74) is 0. The molecule has 0 spiro atoms. The Bertz CT molecular complexity index is 340. The second-order valence-electron chi connectivity index (χ2n) is 9.83. The smallest absolute Gasteiger partial charge is 0.0983 e. The van der Waals surface area contributed by atoms with E-state index in [4.69, 9.17) is 4.89 Å². The van der Waals surface area contributed by atoms with Crippen molar-refractivity contribution in [1.82, 2.24) is 0 Å². The summed E-state index contributed by atoms with van der Waals surface area (Å²) in [4.78, 5) is 5.12. The fourth-order valence-corrected chi connectivity index (χ4v) is 5.89. The van der Waals surface area contributed by atoms with Crippen LogP contribution < -0.4 is 0 Å². The van der Waals surface area contributed by atoms with Crippen molar-refractivity contribution >= 4 is 0 Å². The first kappa shape index (κ1) is 23.2. The Hall–Kier alpha value is -0.0800. The second kappa shape index (κ2) is 14.0. The highest BCUT2D eigenvalue weighted by Gasteiger charge is 2.35. The standard InChI is InChI=1S/C25H48O2/c1-3-5-7-8-10-12-22-15-19-24(20-16-22)25(27-26)23-17-13-21(14-18-23)11-9-6-4-2/h21-26H,3-20H2,1-2H3. The number of unbranched alkanes of at least 4 members (excludes halogenated alkanes) is 6. The van der Waals surface area contributed by atoms with Crippen molar-refractivity contribution in [2.45, 2.75) is 136 Å². The molecule has 0 amide bonds. The molecular weight excluding hydrogens is 332 g/mol. The molecular formula is C25H48O2. The van der Waals surface area contributed by atoms with Gasteiger partial charge < -0.3 is 0 Å². The Kier molecular flexibility index (Phi) is 12.0. The third kappa shape index (κ3) is 8.44. The topological polar surface area (TPSA) is 29.5 Å². The Morgan fingerprint density at radius 2 is 1.04 bits per heavy atom. The Morgan fingerprint density at radius 3 is 1.48 bits per heavy atom. The maximum Gasteiger partial charge on any atom is 0.0983 e. The van der Waals surface area contributed by atoms with Gasteiger partial charge in [0, 0.05) is 0 Å². The van der Waals surface area contributed by atoms with Crippen LogP contribution in [-0.4, -0.2) is 11.4 Å². The predicted octanol–water partition coefficient (Wildman–Crippen LogP) is 8.40. The first-order valence-electron chi connectivity index (χ1n) is 12.6. The van der Waals surface area contributed by atoms with Gasteiger partial charge in [-0.3, -0.25) is 5.26 Å². The van der Waals surface area contributed by atoms with E-state index in [-0.39, 0.29) is 6.10 Å². The summed E-state index contributed by atoms with van der Waals surface area (Å²) in [6.45, 7) is 4.58. The molecule has 0 aromatic carbocycles. The van der Waals surface area contributed by atoms with Crippen molar-refractivity contribution in [3.05, 3.63) is 0 Å². The van der Waals surface area contributed by atoms with E-state index >= 15 is 0 Å². The molecule has 0 aromatic rings. The molecule has 0 aliphatic heterocycles. The van der Waals surface area contributed by atoms with Gasteiger partial charge in [0.25, 0.3) is 0 Å². The average molecular weight is 381 g/mol. The lowest BCUT2D eigenvalue weighted by atomic mass is 9.70. The van der Waals surface area contributed by atoms with Gasteiger partial charge in [0.1, 0.15) is 0 Å². The lowest BCUT2D eigenvalue weighted by molar-refractivity contribution is -0.307.